The molecule has 2 aliphatic rings. The third kappa shape index (κ3) is 5.86. The molecule has 0 spiro atoms. The summed E-state index contributed by atoms with van der Waals surface area (Å²) in [5.74, 6) is 0.335. The molecule has 4 heteroatoms. The zero-order valence-electron chi connectivity index (χ0n) is 22.3. The second-order valence-electron chi connectivity index (χ2n) is 10.9. The number of halogens is 2. The van der Waals surface area contributed by atoms with Crippen molar-refractivity contribution in [1.82, 2.24) is 0 Å². The fraction of sp³-hybridized carbons (Fsp3) is 0.412. The van der Waals surface area contributed by atoms with Crippen molar-refractivity contribution >= 4 is 0 Å². The summed E-state index contributed by atoms with van der Waals surface area (Å²) in [4.78, 5) is 0. The Kier molecular flexibility index (Phi) is 8.58. The van der Waals surface area contributed by atoms with E-state index in [-0.39, 0.29) is 17.4 Å². The van der Waals surface area contributed by atoms with Gasteiger partial charge in [0.05, 0.1) is 19.3 Å². The standard InChI is InChI=1S/C34H38F2O2/c1-3-21-37-32-20-18-30(33(35)34(32)36)27-13-9-24(10-14-27)25-11-15-28(16-12-25)31-19-17-29(22-38-31)26-7-5-23(4-2)6-8-26/h4,9-16,18,20,23,26,29,31H,2-3,5-8,17,19,21-22H2,1H3. The van der Waals surface area contributed by atoms with E-state index in [1.54, 1.807) is 6.07 Å². The molecule has 1 heterocycles. The van der Waals surface area contributed by atoms with Crippen LogP contribution in [-0.4, -0.2) is 13.2 Å². The molecular weight excluding hydrogens is 478 g/mol. The maximum Gasteiger partial charge on any atom is 0.201 e. The van der Waals surface area contributed by atoms with Gasteiger partial charge in [0, 0.05) is 5.56 Å². The summed E-state index contributed by atoms with van der Waals surface area (Å²) in [6.45, 7) is 7.11. The first-order valence-corrected chi connectivity index (χ1v) is 14.1. The smallest absolute Gasteiger partial charge is 0.201 e. The van der Waals surface area contributed by atoms with Gasteiger partial charge in [0.1, 0.15) is 0 Å². The Morgan fingerprint density at radius 1 is 0.789 bits per heavy atom. The molecular formula is C34H38F2O2. The van der Waals surface area contributed by atoms with Crippen LogP contribution in [0, 0.1) is 29.4 Å². The average Bonchev–Trinajstić information content (AvgIpc) is 2.98. The monoisotopic (exact) mass is 516 g/mol. The molecule has 200 valence electrons. The van der Waals surface area contributed by atoms with Crippen LogP contribution in [0.25, 0.3) is 22.3 Å². The number of allylic oxidation sites excluding steroid dienone is 1. The molecule has 0 N–H and O–H groups in total. The Morgan fingerprint density at radius 2 is 1.42 bits per heavy atom. The predicted molar refractivity (Wildman–Crippen MR) is 150 cm³/mol. The maximum atomic E-state index is 14.7. The Morgan fingerprint density at radius 3 is 2.03 bits per heavy atom. The van der Waals surface area contributed by atoms with E-state index in [1.807, 2.05) is 31.2 Å². The van der Waals surface area contributed by atoms with Crippen molar-refractivity contribution in [3.8, 4) is 28.0 Å². The number of hydrogen-bond acceptors (Lipinski definition) is 2. The highest BCUT2D eigenvalue weighted by Gasteiger charge is 2.31. The van der Waals surface area contributed by atoms with E-state index in [0.29, 0.717) is 24.0 Å². The van der Waals surface area contributed by atoms with Gasteiger partial charge < -0.3 is 9.47 Å². The van der Waals surface area contributed by atoms with Gasteiger partial charge >= 0.3 is 0 Å². The van der Waals surface area contributed by atoms with Crippen molar-refractivity contribution in [2.24, 2.45) is 17.8 Å². The highest BCUT2D eigenvalue weighted by atomic mass is 19.2. The van der Waals surface area contributed by atoms with Crippen LogP contribution in [0.15, 0.2) is 73.3 Å². The van der Waals surface area contributed by atoms with Crippen molar-refractivity contribution < 1.29 is 18.3 Å². The molecule has 2 fully saturated rings. The largest absolute Gasteiger partial charge is 0.490 e. The van der Waals surface area contributed by atoms with E-state index in [0.717, 1.165) is 36.5 Å². The normalized spacial score (nSPS) is 23.7. The van der Waals surface area contributed by atoms with Gasteiger partial charge in [0.2, 0.25) is 5.82 Å². The molecule has 1 aliphatic heterocycles. The number of ether oxygens (including phenoxy) is 2. The quantitative estimate of drug-likeness (QED) is 0.278. The van der Waals surface area contributed by atoms with Gasteiger partial charge in [-0.3, -0.25) is 0 Å². The Hall–Kier alpha value is -2.98. The number of benzene rings is 3. The second kappa shape index (κ2) is 12.3. The number of hydrogen-bond donors (Lipinski definition) is 0. The van der Waals surface area contributed by atoms with E-state index in [4.69, 9.17) is 9.47 Å². The van der Waals surface area contributed by atoms with Crippen LogP contribution in [0.5, 0.6) is 5.75 Å². The lowest BCUT2D eigenvalue weighted by Gasteiger charge is -2.37. The van der Waals surface area contributed by atoms with E-state index in [9.17, 15) is 8.78 Å². The molecule has 0 radical (unpaired) electrons. The lowest BCUT2D eigenvalue weighted by molar-refractivity contribution is -0.0395. The fourth-order valence-electron chi connectivity index (χ4n) is 6.07. The van der Waals surface area contributed by atoms with Gasteiger partial charge in [-0.2, -0.15) is 4.39 Å². The van der Waals surface area contributed by atoms with Crippen LogP contribution in [0.1, 0.15) is 63.5 Å². The van der Waals surface area contributed by atoms with E-state index in [1.165, 1.54) is 43.7 Å². The average molecular weight is 517 g/mol. The SMILES string of the molecule is C=CC1CCC(C2CCC(c3ccc(-c4ccc(-c5ccc(OCCC)c(F)c5F)cc4)cc3)OC2)CC1. The first-order chi connectivity index (χ1) is 18.6. The van der Waals surface area contributed by atoms with Gasteiger partial charge in [-0.05, 0) is 97.1 Å². The van der Waals surface area contributed by atoms with E-state index in [2.05, 4.69) is 36.9 Å². The molecule has 2 nitrogen and oxygen atoms in total. The minimum absolute atomic E-state index is 0.0436. The summed E-state index contributed by atoms with van der Waals surface area (Å²) in [6.07, 6.45) is 10.5. The first-order valence-electron chi connectivity index (χ1n) is 14.1. The summed E-state index contributed by atoms with van der Waals surface area (Å²) in [6, 6.07) is 19.2. The molecule has 2 atom stereocenters. The highest BCUT2D eigenvalue weighted by Crippen LogP contribution is 2.41. The van der Waals surface area contributed by atoms with Crippen LogP contribution >= 0.6 is 0 Å². The predicted octanol–water partition coefficient (Wildman–Crippen LogP) is 9.55. The third-order valence-corrected chi connectivity index (χ3v) is 8.45. The molecule has 0 aromatic heterocycles. The highest BCUT2D eigenvalue weighted by molar-refractivity contribution is 5.71. The van der Waals surface area contributed by atoms with Crippen molar-refractivity contribution in [1.29, 1.82) is 0 Å². The van der Waals surface area contributed by atoms with E-state index >= 15 is 0 Å². The summed E-state index contributed by atoms with van der Waals surface area (Å²) < 4.78 is 40.8. The topological polar surface area (TPSA) is 18.5 Å². The van der Waals surface area contributed by atoms with Gasteiger partial charge in [-0.25, -0.2) is 4.39 Å². The third-order valence-electron chi connectivity index (χ3n) is 8.45. The molecule has 0 amide bonds. The number of rotatable bonds is 8. The Balaban J connectivity index is 1.20. The fourth-order valence-corrected chi connectivity index (χ4v) is 6.07. The van der Waals surface area contributed by atoms with E-state index < -0.39 is 11.6 Å². The molecule has 3 aromatic rings. The molecule has 5 rings (SSSR count). The van der Waals surface area contributed by atoms with Crippen LogP contribution in [-0.2, 0) is 4.74 Å². The molecule has 2 unspecified atom stereocenters. The summed E-state index contributed by atoms with van der Waals surface area (Å²) in [5.41, 5.74) is 4.20. The summed E-state index contributed by atoms with van der Waals surface area (Å²) >= 11 is 0. The van der Waals surface area contributed by atoms with Gasteiger partial charge in [-0.15, -0.1) is 6.58 Å². The molecule has 1 aliphatic carbocycles. The lowest BCUT2D eigenvalue weighted by Crippen LogP contribution is -2.29. The summed E-state index contributed by atoms with van der Waals surface area (Å²) in [7, 11) is 0. The summed E-state index contributed by atoms with van der Waals surface area (Å²) in [5, 5.41) is 0. The van der Waals surface area contributed by atoms with Crippen LogP contribution in [0.3, 0.4) is 0 Å². The van der Waals surface area contributed by atoms with Gasteiger partial charge in [0.15, 0.2) is 11.6 Å². The zero-order chi connectivity index (χ0) is 26.5. The minimum Gasteiger partial charge on any atom is -0.490 e. The molecule has 0 bridgehead atoms. The van der Waals surface area contributed by atoms with Crippen LogP contribution in [0.2, 0.25) is 0 Å². The van der Waals surface area contributed by atoms with Crippen molar-refractivity contribution in [3.05, 3.63) is 90.5 Å². The lowest BCUT2D eigenvalue weighted by atomic mass is 9.73. The van der Waals surface area contributed by atoms with Crippen molar-refractivity contribution in [3.63, 3.8) is 0 Å². The van der Waals surface area contributed by atoms with Crippen molar-refractivity contribution in [2.45, 2.75) is 58.0 Å². The molecule has 38 heavy (non-hydrogen) atoms. The second-order valence-corrected chi connectivity index (χ2v) is 10.9. The maximum absolute atomic E-state index is 14.7. The van der Waals surface area contributed by atoms with Crippen LogP contribution < -0.4 is 4.74 Å². The van der Waals surface area contributed by atoms with Crippen molar-refractivity contribution in [2.75, 3.05) is 13.2 Å². The molecule has 3 aromatic carbocycles. The minimum atomic E-state index is -0.938. The Bertz CT molecular complexity index is 1200. The Labute approximate surface area is 225 Å². The molecule has 1 saturated heterocycles. The van der Waals surface area contributed by atoms with Crippen LogP contribution in [0.4, 0.5) is 8.78 Å². The molecule has 1 saturated carbocycles. The zero-order valence-corrected chi connectivity index (χ0v) is 22.3. The first kappa shape index (κ1) is 26.6. The van der Waals surface area contributed by atoms with Gasteiger partial charge in [0.25, 0.3) is 0 Å². The van der Waals surface area contributed by atoms with Gasteiger partial charge in [-0.1, -0.05) is 61.5 Å².